The second-order valence-corrected chi connectivity index (χ2v) is 16.3. The average molecular weight is 748 g/mol. The lowest BCUT2D eigenvalue weighted by Gasteiger charge is -2.50. The largest absolute Gasteiger partial charge is 0.462 e. The molecule has 0 saturated carbocycles. The summed E-state index contributed by atoms with van der Waals surface area (Å²) in [4.78, 5) is 33.1. The Kier molecular flexibility index (Phi) is 12.3. The first-order valence-corrected chi connectivity index (χ1v) is 19.4. The Morgan fingerprint density at radius 1 is 1.09 bits per heavy atom. The molecule has 1 aromatic rings. The molecule has 5 aliphatic rings. The summed E-state index contributed by atoms with van der Waals surface area (Å²) in [5.41, 5.74) is 0.534. The van der Waals surface area contributed by atoms with Crippen LogP contribution in [0.3, 0.4) is 0 Å². The third-order valence-corrected chi connectivity index (χ3v) is 11.7. The fourth-order valence-corrected chi connectivity index (χ4v) is 8.69. The van der Waals surface area contributed by atoms with Crippen LogP contribution < -0.4 is 0 Å². The van der Waals surface area contributed by atoms with Crippen molar-refractivity contribution in [3.8, 4) is 0 Å². The van der Waals surface area contributed by atoms with E-state index in [1.807, 2.05) is 44.2 Å². The standard InChI is InChI=1S/C43H57NO10/c1-25(2)20-35-26(3)18-19-42(54-35)23-33-22-32(53-42)17-16-28(5)38(52-41(47)36(44-49-7)30-13-9-8-10-14-30)27(4)12-11-15-31-24-50-39-37(45)29(6)21-34(40(46)51-33)43(31,39)48/h8-16,21,25-27,32-35,37-39,45,48H,17-20,22-24H2,1-7H3/b12-11+,28-16+,31-15+,44-36-/t26-,27-,32+,33-,34-,35+,37+,38+,39+,42+,43+/m0/s1. The molecule has 11 atom stereocenters. The van der Waals surface area contributed by atoms with Gasteiger partial charge in [0.2, 0.25) is 0 Å². The van der Waals surface area contributed by atoms with Gasteiger partial charge in [0.25, 0.3) is 0 Å². The number of hydrogen-bond acceptors (Lipinski definition) is 11. The van der Waals surface area contributed by atoms with Gasteiger partial charge in [-0.1, -0.05) is 93.6 Å². The number of carbonyl (C=O) groups is 2. The van der Waals surface area contributed by atoms with Crippen molar-refractivity contribution in [1.29, 1.82) is 0 Å². The van der Waals surface area contributed by atoms with Crippen molar-refractivity contribution in [2.45, 2.75) is 128 Å². The lowest BCUT2D eigenvalue weighted by Crippen LogP contribution is -2.58. The molecule has 1 aromatic carbocycles. The van der Waals surface area contributed by atoms with Crippen molar-refractivity contribution in [1.82, 2.24) is 0 Å². The summed E-state index contributed by atoms with van der Waals surface area (Å²) in [5.74, 6) is -2.84. The van der Waals surface area contributed by atoms with Gasteiger partial charge in [-0.05, 0) is 61.7 Å². The van der Waals surface area contributed by atoms with Crippen LogP contribution in [-0.2, 0) is 38.1 Å². The Hall–Kier alpha value is -3.61. The summed E-state index contributed by atoms with van der Waals surface area (Å²) in [6.07, 6.45) is 8.85. The van der Waals surface area contributed by atoms with Gasteiger partial charge in [-0.2, -0.15) is 0 Å². The molecule has 3 fully saturated rings. The number of rotatable bonds is 6. The van der Waals surface area contributed by atoms with Gasteiger partial charge in [0.15, 0.2) is 11.5 Å². The SMILES string of the molecule is CO/N=C(\C(=O)O[C@H]1/C(C)=C/C[C@@H]2C[C@@H](C[C@]3(CC[C@H](C)[C@@H](CC(C)C)O3)O2)OC(=O)[C@@H]2C=C(C)[C@@H](O)[C@H]3OC/C(=C\C=C\[C@@H]1C)[C@]32O)c1ccccc1. The molecule has 2 bridgehead atoms. The van der Waals surface area contributed by atoms with Gasteiger partial charge < -0.3 is 38.7 Å². The molecule has 0 amide bonds. The number of hydrogen-bond donors (Lipinski definition) is 2. The van der Waals surface area contributed by atoms with E-state index in [0.29, 0.717) is 54.2 Å². The van der Waals surface area contributed by atoms with E-state index in [0.717, 1.165) is 18.4 Å². The van der Waals surface area contributed by atoms with Crippen LogP contribution in [0.2, 0.25) is 0 Å². The number of fused-ring (bicyclic) bond motifs is 2. The van der Waals surface area contributed by atoms with Crippen molar-refractivity contribution >= 4 is 17.7 Å². The van der Waals surface area contributed by atoms with Crippen molar-refractivity contribution in [3.05, 3.63) is 83.0 Å². The van der Waals surface area contributed by atoms with Gasteiger partial charge in [-0.3, -0.25) is 4.79 Å². The third-order valence-electron chi connectivity index (χ3n) is 11.7. The van der Waals surface area contributed by atoms with E-state index in [9.17, 15) is 19.8 Å². The van der Waals surface area contributed by atoms with E-state index in [1.165, 1.54) is 7.11 Å². The topological polar surface area (TPSA) is 142 Å². The number of oxime groups is 1. The maximum absolute atomic E-state index is 14.2. The number of allylic oxidation sites excluding steroid dienone is 2. The van der Waals surface area contributed by atoms with Crippen LogP contribution in [0.15, 0.2) is 82.6 Å². The molecule has 1 spiro atoms. The molecule has 6 rings (SSSR count). The predicted octanol–water partition coefficient (Wildman–Crippen LogP) is 6.13. The summed E-state index contributed by atoms with van der Waals surface area (Å²) >= 11 is 0. The smallest absolute Gasteiger partial charge is 0.361 e. The van der Waals surface area contributed by atoms with Gasteiger partial charge >= 0.3 is 11.9 Å². The first kappa shape index (κ1) is 40.1. The van der Waals surface area contributed by atoms with E-state index >= 15 is 0 Å². The first-order valence-electron chi connectivity index (χ1n) is 19.4. The highest BCUT2D eigenvalue weighted by molar-refractivity contribution is 6.43. The van der Waals surface area contributed by atoms with Crippen LogP contribution in [0.25, 0.3) is 0 Å². The predicted molar refractivity (Wildman–Crippen MR) is 202 cm³/mol. The molecular formula is C43H57NO10. The lowest BCUT2D eigenvalue weighted by atomic mass is 9.71. The Bertz CT molecular complexity index is 1680. The molecule has 4 aliphatic heterocycles. The normalized spacial score (nSPS) is 40.0. The van der Waals surface area contributed by atoms with Crippen LogP contribution in [-0.4, -0.2) is 89.6 Å². The minimum absolute atomic E-state index is 0.0109. The quantitative estimate of drug-likeness (QED) is 0.151. The number of aliphatic hydroxyl groups excluding tert-OH is 1. The lowest BCUT2D eigenvalue weighted by molar-refractivity contribution is -0.336. The Labute approximate surface area is 319 Å². The van der Waals surface area contributed by atoms with Crippen LogP contribution in [0.4, 0.5) is 0 Å². The Balaban J connectivity index is 1.39. The average Bonchev–Trinajstić information content (AvgIpc) is 3.47. The van der Waals surface area contributed by atoms with Crippen LogP contribution in [0.5, 0.6) is 0 Å². The molecule has 54 heavy (non-hydrogen) atoms. The van der Waals surface area contributed by atoms with Crippen molar-refractivity contribution in [3.63, 3.8) is 0 Å². The molecule has 294 valence electrons. The second-order valence-electron chi connectivity index (χ2n) is 16.3. The number of carbonyl (C=O) groups excluding carboxylic acids is 2. The van der Waals surface area contributed by atoms with Crippen molar-refractivity contribution in [2.24, 2.45) is 28.8 Å². The number of benzene rings is 1. The maximum atomic E-state index is 14.2. The Morgan fingerprint density at radius 2 is 1.85 bits per heavy atom. The summed E-state index contributed by atoms with van der Waals surface area (Å²) in [5, 5.41) is 27.5. The zero-order valence-electron chi connectivity index (χ0n) is 32.6. The number of ether oxygens (including phenoxy) is 5. The molecule has 3 saturated heterocycles. The molecule has 4 heterocycles. The Morgan fingerprint density at radius 3 is 2.57 bits per heavy atom. The number of esters is 2. The van der Waals surface area contributed by atoms with Gasteiger partial charge in [-0.15, -0.1) is 0 Å². The van der Waals surface area contributed by atoms with E-state index in [2.05, 4.69) is 25.9 Å². The molecule has 2 N–H and O–H groups in total. The summed E-state index contributed by atoms with van der Waals surface area (Å²) < 4.78 is 32.3. The van der Waals surface area contributed by atoms with Crippen LogP contribution in [0.1, 0.15) is 85.6 Å². The first-order chi connectivity index (χ1) is 25.7. The van der Waals surface area contributed by atoms with Gasteiger partial charge in [0, 0.05) is 30.7 Å². The zero-order chi connectivity index (χ0) is 38.8. The van der Waals surface area contributed by atoms with E-state index < -0.39 is 53.7 Å². The maximum Gasteiger partial charge on any atom is 0.361 e. The summed E-state index contributed by atoms with van der Waals surface area (Å²) in [6, 6.07) is 9.01. The highest BCUT2D eigenvalue weighted by Crippen LogP contribution is 2.47. The minimum Gasteiger partial charge on any atom is -0.462 e. The third kappa shape index (κ3) is 8.31. The summed E-state index contributed by atoms with van der Waals surface area (Å²) in [7, 11) is 1.38. The molecule has 0 aromatic heterocycles. The highest BCUT2D eigenvalue weighted by Gasteiger charge is 2.60. The molecule has 0 radical (unpaired) electrons. The number of aliphatic hydroxyl groups is 2. The van der Waals surface area contributed by atoms with Gasteiger partial charge in [0.1, 0.15) is 43.0 Å². The number of nitrogens with zero attached hydrogens (tertiary/aromatic N) is 1. The van der Waals surface area contributed by atoms with Gasteiger partial charge in [0.05, 0.1) is 18.8 Å². The summed E-state index contributed by atoms with van der Waals surface area (Å²) in [6.45, 7) is 12.2. The van der Waals surface area contributed by atoms with Gasteiger partial charge in [-0.25, -0.2) is 4.79 Å². The fourth-order valence-electron chi connectivity index (χ4n) is 8.69. The second kappa shape index (κ2) is 16.6. The van der Waals surface area contributed by atoms with E-state index in [-0.39, 0.29) is 30.4 Å². The van der Waals surface area contributed by atoms with E-state index in [1.54, 1.807) is 37.3 Å². The molecular weight excluding hydrogens is 690 g/mol. The molecule has 0 unspecified atom stereocenters. The van der Waals surface area contributed by atoms with Crippen molar-refractivity contribution in [2.75, 3.05) is 13.7 Å². The van der Waals surface area contributed by atoms with E-state index in [4.69, 9.17) is 28.5 Å². The van der Waals surface area contributed by atoms with Crippen LogP contribution >= 0.6 is 0 Å². The fraction of sp³-hybridized carbons (Fsp3) is 0.605. The molecule has 11 heteroatoms. The molecule has 1 aliphatic carbocycles. The zero-order valence-corrected chi connectivity index (χ0v) is 32.6. The molecule has 11 nitrogen and oxygen atoms in total. The minimum atomic E-state index is -1.84. The highest BCUT2D eigenvalue weighted by atomic mass is 16.7. The monoisotopic (exact) mass is 747 g/mol. The van der Waals surface area contributed by atoms with Crippen LogP contribution in [0, 0.1) is 23.7 Å². The van der Waals surface area contributed by atoms with Crippen molar-refractivity contribution < 1.29 is 48.3 Å².